The number of sulfonamides is 1. The Balaban J connectivity index is 1.41. The number of pyridine rings is 1. The highest BCUT2D eigenvalue weighted by Crippen LogP contribution is 2.40. The third-order valence-corrected chi connectivity index (χ3v) is 11.3. The van der Waals surface area contributed by atoms with Crippen molar-refractivity contribution in [3.63, 3.8) is 0 Å². The Morgan fingerprint density at radius 3 is 2.49 bits per heavy atom. The first kappa shape index (κ1) is 26.3. The van der Waals surface area contributed by atoms with Crippen molar-refractivity contribution in [3.8, 4) is 5.75 Å². The first-order chi connectivity index (χ1) is 17.8. The molecular weight excluding hydrogens is 575 g/mol. The van der Waals surface area contributed by atoms with Gasteiger partial charge in [-0.15, -0.1) is 11.3 Å². The van der Waals surface area contributed by atoms with Crippen LogP contribution in [0.3, 0.4) is 0 Å². The van der Waals surface area contributed by atoms with E-state index in [1.807, 2.05) is 12.1 Å². The summed E-state index contributed by atoms with van der Waals surface area (Å²) >= 11 is 14.7. The summed E-state index contributed by atoms with van der Waals surface area (Å²) in [6, 6.07) is 10.3. The number of carbonyl (C=O) groups excluding carboxylic acids is 1. The van der Waals surface area contributed by atoms with Gasteiger partial charge in [0, 0.05) is 31.4 Å². The second-order valence-electron chi connectivity index (χ2n) is 8.44. The lowest BCUT2D eigenvalue weighted by atomic mass is 9.96. The van der Waals surface area contributed by atoms with Crippen LogP contribution in [-0.4, -0.2) is 48.8 Å². The molecule has 0 unspecified atom stereocenters. The van der Waals surface area contributed by atoms with Crippen LogP contribution in [0.2, 0.25) is 9.36 Å². The number of thiazole rings is 1. The van der Waals surface area contributed by atoms with Gasteiger partial charge >= 0.3 is 0 Å². The molecule has 1 saturated heterocycles. The van der Waals surface area contributed by atoms with Gasteiger partial charge in [0.05, 0.1) is 27.7 Å². The number of halogens is 2. The van der Waals surface area contributed by atoms with Gasteiger partial charge in [0.1, 0.15) is 15.5 Å². The SMILES string of the molecule is COc1ccc(Cl)c2sc(N(Cc3ccncc3)C(=O)C3CCN(S(=O)(=O)c4ccc(Cl)s4)CC3)nc12. The summed E-state index contributed by atoms with van der Waals surface area (Å²) in [4.78, 5) is 24.3. The van der Waals surface area contributed by atoms with Gasteiger partial charge in [-0.1, -0.05) is 34.5 Å². The van der Waals surface area contributed by atoms with Crippen molar-refractivity contribution < 1.29 is 17.9 Å². The number of anilines is 1. The number of nitrogens with zero attached hydrogens (tertiary/aromatic N) is 4. The number of hydrogen-bond acceptors (Lipinski definition) is 8. The molecule has 0 radical (unpaired) electrons. The van der Waals surface area contributed by atoms with Crippen LogP contribution < -0.4 is 9.64 Å². The molecule has 1 aliphatic rings. The summed E-state index contributed by atoms with van der Waals surface area (Å²) in [7, 11) is -2.08. The molecule has 0 spiro atoms. The number of thiophene rings is 1. The third kappa shape index (κ3) is 5.34. The number of ether oxygens (including phenoxy) is 1. The molecule has 8 nitrogen and oxygen atoms in total. The normalized spacial score (nSPS) is 15.2. The molecule has 4 heterocycles. The quantitative estimate of drug-likeness (QED) is 0.271. The number of benzene rings is 1. The summed E-state index contributed by atoms with van der Waals surface area (Å²) in [5, 5.41) is 1.04. The maximum Gasteiger partial charge on any atom is 0.252 e. The molecule has 0 saturated carbocycles. The van der Waals surface area contributed by atoms with Crippen LogP contribution in [0.5, 0.6) is 5.75 Å². The molecule has 1 aliphatic heterocycles. The van der Waals surface area contributed by atoms with Crippen LogP contribution in [0.4, 0.5) is 5.13 Å². The number of hydrogen-bond donors (Lipinski definition) is 0. The van der Waals surface area contributed by atoms with Gasteiger partial charge in [-0.3, -0.25) is 14.7 Å². The van der Waals surface area contributed by atoms with E-state index in [0.29, 0.717) is 45.1 Å². The first-order valence-electron chi connectivity index (χ1n) is 11.4. The molecule has 0 bridgehead atoms. The number of carbonyl (C=O) groups is 1. The maximum atomic E-state index is 13.9. The fourth-order valence-corrected chi connectivity index (χ4v) is 8.63. The molecule has 1 amide bonds. The minimum atomic E-state index is -3.64. The Morgan fingerprint density at radius 2 is 1.84 bits per heavy atom. The smallest absolute Gasteiger partial charge is 0.252 e. The van der Waals surface area contributed by atoms with Crippen molar-refractivity contribution in [2.24, 2.45) is 5.92 Å². The molecule has 4 aromatic rings. The predicted molar refractivity (Wildman–Crippen MR) is 147 cm³/mol. The zero-order chi connectivity index (χ0) is 26.2. The second-order valence-corrected chi connectivity index (χ2v) is 13.7. The Morgan fingerprint density at radius 1 is 1.11 bits per heavy atom. The Kier molecular flexibility index (Phi) is 7.71. The van der Waals surface area contributed by atoms with Crippen LogP contribution in [0.1, 0.15) is 18.4 Å². The number of fused-ring (bicyclic) bond motifs is 1. The molecule has 0 aliphatic carbocycles. The van der Waals surface area contributed by atoms with Gasteiger partial charge in [-0.2, -0.15) is 4.31 Å². The lowest BCUT2D eigenvalue weighted by molar-refractivity contribution is -0.123. The van der Waals surface area contributed by atoms with Gasteiger partial charge in [0.15, 0.2) is 5.13 Å². The van der Waals surface area contributed by atoms with Crippen molar-refractivity contribution in [2.75, 3.05) is 25.1 Å². The van der Waals surface area contributed by atoms with Crippen LogP contribution in [0.15, 0.2) is 53.0 Å². The van der Waals surface area contributed by atoms with Crippen molar-refractivity contribution >= 4 is 77.2 Å². The van der Waals surface area contributed by atoms with Gasteiger partial charge in [-0.05, 0) is 54.8 Å². The zero-order valence-electron chi connectivity index (χ0n) is 19.6. The van der Waals surface area contributed by atoms with Crippen LogP contribution in [0, 0.1) is 5.92 Å². The van der Waals surface area contributed by atoms with E-state index in [1.54, 1.807) is 42.6 Å². The number of aromatic nitrogens is 2. The maximum absolute atomic E-state index is 13.9. The fourth-order valence-electron chi connectivity index (χ4n) is 4.26. The summed E-state index contributed by atoms with van der Waals surface area (Å²) in [5.41, 5.74) is 1.49. The average molecular weight is 598 g/mol. The molecule has 0 N–H and O–H groups in total. The standard InChI is InChI=1S/C24H22Cl2N4O4S3/c1-34-18-3-2-17(25)22-21(18)28-24(36-22)30(14-15-6-10-27-11-7-15)23(31)16-8-12-29(13-9-16)37(32,33)20-5-4-19(26)35-20/h2-7,10-11,16H,8-9,12-14H2,1H3. The van der Waals surface area contributed by atoms with E-state index in [2.05, 4.69) is 4.98 Å². The lowest BCUT2D eigenvalue weighted by Crippen LogP contribution is -2.44. The Labute approximate surface area is 232 Å². The van der Waals surface area contributed by atoms with Gasteiger partial charge in [0.25, 0.3) is 10.0 Å². The molecule has 5 rings (SSSR count). The number of methoxy groups -OCH3 is 1. The molecule has 37 heavy (non-hydrogen) atoms. The summed E-state index contributed by atoms with van der Waals surface area (Å²) < 4.78 is 34.3. The van der Waals surface area contributed by atoms with E-state index in [9.17, 15) is 13.2 Å². The highest BCUT2D eigenvalue weighted by atomic mass is 35.5. The van der Waals surface area contributed by atoms with E-state index in [0.717, 1.165) is 21.6 Å². The molecule has 194 valence electrons. The minimum absolute atomic E-state index is 0.109. The van der Waals surface area contributed by atoms with E-state index in [-0.39, 0.29) is 29.1 Å². The van der Waals surface area contributed by atoms with Crippen LogP contribution >= 0.6 is 45.9 Å². The summed E-state index contributed by atoms with van der Waals surface area (Å²) in [6.07, 6.45) is 4.16. The molecule has 1 fully saturated rings. The van der Waals surface area contributed by atoms with E-state index in [4.69, 9.17) is 32.9 Å². The molecule has 0 atom stereocenters. The molecule has 13 heteroatoms. The van der Waals surface area contributed by atoms with Crippen LogP contribution in [0.25, 0.3) is 10.2 Å². The monoisotopic (exact) mass is 596 g/mol. The number of rotatable bonds is 7. The molecule has 1 aromatic carbocycles. The van der Waals surface area contributed by atoms with Crippen LogP contribution in [-0.2, 0) is 21.4 Å². The van der Waals surface area contributed by atoms with Crippen molar-refractivity contribution in [1.29, 1.82) is 0 Å². The van der Waals surface area contributed by atoms with Crippen molar-refractivity contribution in [3.05, 3.63) is 63.7 Å². The van der Waals surface area contributed by atoms with Gasteiger partial charge < -0.3 is 4.74 Å². The summed E-state index contributed by atoms with van der Waals surface area (Å²) in [5.74, 6) is 0.108. The number of amides is 1. The zero-order valence-corrected chi connectivity index (χ0v) is 23.6. The second kappa shape index (κ2) is 10.8. The average Bonchev–Trinajstić information content (AvgIpc) is 3.56. The number of piperidine rings is 1. The third-order valence-electron chi connectivity index (χ3n) is 6.20. The van der Waals surface area contributed by atoms with E-state index >= 15 is 0 Å². The molecular formula is C24H22Cl2N4O4S3. The lowest BCUT2D eigenvalue weighted by Gasteiger charge is -2.32. The van der Waals surface area contributed by atoms with Gasteiger partial charge in [0.2, 0.25) is 5.91 Å². The highest BCUT2D eigenvalue weighted by molar-refractivity contribution is 7.91. The first-order valence-corrected chi connectivity index (χ1v) is 15.2. The highest BCUT2D eigenvalue weighted by Gasteiger charge is 2.35. The molecule has 3 aromatic heterocycles. The Hall–Kier alpha value is -2.28. The van der Waals surface area contributed by atoms with Crippen molar-refractivity contribution in [2.45, 2.75) is 23.6 Å². The van der Waals surface area contributed by atoms with Crippen molar-refractivity contribution in [1.82, 2.24) is 14.3 Å². The minimum Gasteiger partial charge on any atom is -0.494 e. The van der Waals surface area contributed by atoms with Gasteiger partial charge in [-0.25, -0.2) is 13.4 Å². The van der Waals surface area contributed by atoms with E-state index in [1.165, 1.54) is 21.7 Å². The Bertz CT molecular complexity index is 1530. The largest absolute Gasteiger partial charge is 0.494 e. The van der Waals surface area contributed by atoms with E-state index < -0.39 is 10.0 Å². The topological polar surface area (TPSA) is 92.7 Å². The summed E-state index contributed by atoms with van der Waals surface area (Å²) in [6.45, 7) is 0.793. The predicted octanol–water partition coefficient (Wildman–Crippen LogP) is 5.70. The fraction of sp³-hybridized carbons (Fsp3) is 0.292.